The highest BCUT2D eigenvalue weighted by atomic mass is 16.2. The molecule has 0 aliphatic heterocycles. The van der Waals surface area contributed by atoms with Crippen molar-refractivity contribution in [3.63, 3.8) is 0 Å². The maximum atomic E-state index is 11.9. The molecule has 1 amide bonds. The maximum absolute atomic E-state index is 11.9. The number of carbonyl (C=O) groups is 1. The zero-order valence-corrected chi connectivity index (χ0v) is 12.4. The van der Waals surface area contributed by atoms with Gasteiger partial charge in [0.2, 0.25) is 5.91 Å². The van der Waals surface area contributed by atoms with E-state index in [-0.39, 0.29) is 12.5 Å². The van der Waals surface area contributed by atoms with Crippen molar-refractivity contribution < 1.29 is 9.90 Å². The highest BCUT2D eigenvalue weighted by molar-refractivity contribution is 5.78. The van der Waals surface area contributed by atoms with Gasteiger partial charge in [-0.25, -0.2) is 0 Å². The first kappa shape index (κ1) is 16.2. The molecular weight excluding hydrogens is 252 g/mol. The van der Waals surface area contributed by atoms with Gasteiger partial charge in [0, 0.05) is 25.6 Å². The highest BCUT2D eigenvalue weighted by Crippen LogP contribution is 2.10. The lowest BCUT2D eigenvalue weighted by molar-refractivity contribution is -0.131. The Morgan fingerprint density at radius 3 is 2.60 bits per heavy atom. The molecule has 0 saturated heterocycles. The third kappa shape index (κ3) is 5.43. The van der Waals surface area contributed by atoms with E-state index in [1.165, 1.54) is 0 Å². The fourth-order valence-electron chi connectivity index (χ4n) is 1.73. The van der Waals surface area contributed by atoms with Crippen LogP contribution in [-0.2, 0) is 11.3 Å². The third-order valence-corrected chi connectivity index (χ3v) is 2.76. The van der Waals surface area contributed by atoms with Gasteiger partial charge in [-0.05, 0) is 25.7 Å². The van der Waals surface area contributed by atoms with Gasteiger partial charge in [0.25, 0.3) is 0 Å². The standard InChI is InChI=1S/C16H22N2O2/c1-17(2)13-16(20)18(3)12-15-10-5-4-8-14(15)9-6-7-11-19/h4-5,8,10,19H,7,11-13H2,1-3H3. The van der Waals surface area contributed by atoms with E-state index in [1.807, 2.05) is 43.3 Å². The van der Waals surface area contributed by atoms with Crippen LogP contribution in [0.4, 0.5) is 0 Å². The lowest BCUT2D eigenvalue weighted by Crippen LogP contribution is -2.34. The fraction of sp³-hybridized carbons (Fsp3) is 0.438. The smallest absolute Gasteiger partial charge is 0.236 e. The van der Waals surface area contributed by atoms with Gasteiger partial charge >= 0.3 is 0 Å². The molecule has 0 radical (unpaired) electrons. The summed E-state index contributed by atoms with van der Waals surface area (Å²) in [4.78, 5) is 15.5. The topological polar surface area (TPSA) is 43.8 Å². The minimum atomic E-state index is 0.0659. The Labute approximate surface area is 121 Å². The van der Waals surface area contributed by atoms with Gasteiger partial charge in [-0.1, -0.05) is 30.0 Å². The summed E-state index contributed by atoms with van der Waals surface area (Å²) in [7, 11) is 5.55. The molecule has 0 fully saturated rings. The first-order valence-electron chi connectivity index (χ1n) is 6.61. The minimum absolute atomic E-state index is 0.0659. The van der Waals surface area contributed by atoms with Crippen molar-refractivity contribution in [1.82, 2.24) is 9.80 Å². The van der Waals surface area contributed by atoms with Crippen LogP contribution in [0.3, 0.4) is 0 Å². The molecule has 0 heterocycles. The van der Waals surface area contributed by atoms with Crippen LogP contribution in [0, 0.1) is 11.8 Å². The number of rotatable bonds is 5. The molecule has 0 spiro atoms. The molecule has 20 heavy (non-hydrogen) atoms. The number of likely N-dealkylation sites (N-methyl/N-ethyl adjacent to an activating group) is 2. The Morgan fingerprint density at radius 2 is 1.95 bits per heavy atom. The van der Waals surface area contributed by atoms with Crippen molar-refractivity contribution in [2.75, 3.05) is 34.3 Å². The molecule has 1 rings (SSSR count). The predicted octanol–water partition coefficient (Wildman–Crippen LogP) is 0.940. The van der Waals surface area contributed by atoms with Gasteiger partial charge < -0.3 is 14.9 Å². The lowest BCUT2D eigenvalue weighted by atomic mass is 10.1. The first-order chi connectivity index (χ1) is 9.54. The largest absolute Gasteiger partial charge is 0.395 e. The van der Waals surface area contributed by atoms with Crippen molar-refractivity contribution in [3.8, 4) is 11.8 Å². The Morgan fingerprint density at radius 1 is 1.25 bits per heavy atom. The Hall–Kier alpha value is -1.83. The maximum Gasteiger partial charge on any atom is 0.236 e. The van der Waals surface area contributed by atoms with Crippen LogP contribution >= 0.6 is 0 Å². The lowest BCUT2D eigenvalue weighted by Gasteiger charge is -2.20. The SMILES string of the molecule is CN(C)CC(=O)N(C)Cc1ccccc1C#CCCO. The molecule has 108 valence electrons. The summed E-state index contributed by atoms with van der Waals surface area (Å²) in [6, 6.07) is 7.78. The average molecular weight is 274 g/mol. The zero-order valence-electron chi connectivity index (χ0n) is 12.4. The summed E-state index contributed by atoms with van der Waals surface area (Å²) in [5.74, 6) is 6.03. The molecule has 0 aromatic heterocycles. The molecule has 1 aromatic carbocycles. The summed E-state index contributed by atoms with van der Waals surface area (Å²) in [6.07, 6.45) is 0.462. The van der Waals surface area contributed by atoms with Crippen LogP contribution in [-0.4, -0.2) is 55.1 Å². The average Bonchev–Trinajstić information content (AvgIpc) is 2.40. The second-order valence-corrected chi connectivity index (χ2v) is 4.92. The van der Waals surface area contributed by atoms with Gasteiger partial charge in [-0.3, -0.25) is 4.79 Å². The predicted molar refractivity (Wildman–Crippen MR) is 80.1 cm³/mol. The number of amides is 1. The van der Waals surface area contributed by atoms with E-state index in [2.05, 4.69) is 11.8 Å². The Kier molecular flexibility index (Phi) is 6.78. The van der Waals surface area contributed by atoms with E-state index in [0.29, 0.717) is 19.5 Å². The van der Waals surface area contributed by atoms with Gasteiger partial charge in [0.05, 0.1) is 13.2 Å². The second kappa shape index (κ2) is 8.36. The summed E-state index contributed by atoms with van der Waals surface area (Å²) in [5, 5.41) is 8.76. The third-order valence-electron chi connectivity index (χ3n) is 2.76. The summed E-state index contributed by atoms with van der Waals surface area (Å²) >= 11 is 0. The van der Waals surface area contributed by atoms with Crippen LogP contribution in [0.5, 0.6) is 0 Å². The highest BCUT2D eigenvalue weighted by Gasteiger charge is 2.11. The Balaban J connectivity index is 2.77. The molecule has 4 nitrogen and oxygen atoms in total. The van der Waals surface area contributed by atoms with Crippen molar-refractivity contribution >= 4 is 5.91 Å². The normalized spacial score (nSPS) is 10.1. The van der Waals surface area contributed by atoms with Gasteiger partial charge in [-0.2, -0.15) is 0 Å². The van der Waals surface area contributed by atoms with Gasteiger partial charge in [0.1, 0.15) is 0 Å². The molecule has 0 unspecified atom stereocenters. The van der Waals surface area contributed by atoms with E-state index < -0.39 is 0 Å². The molecule has 0 aliphatic carbocycles. The van der Waals surface area contributed by atoms with E-state index in [0.717, 1.165) is 11.1 Å². The fourth-order valence-corrected chi connectivity index (χ4v) is 1.73. The van der Waals surface area contributed by atoms with Crippen LogP contribution in [0.25, 0.3) is 0 Å². The van der Waals surface area contributed by atoms with Crippen LogP contribution in [0.2, 0.25) is 0 Å². The van der Waals surface area contributed by atoms with E-state index >= 15 is 0 Å². The molecule has 0 atom stereocenters. The van der Waals surface area contributed by atoms with Gasteiger partial charge in [0.15, 0.2) is 0 Å². The van der Waals surface area contributed by atoms with Crippen LogP contribution in [0.15, 0.2) is 24.3 Å². The first-order valence-corrected chi connectivity index (χ1v) is 6.61. The quantitative estimate of drug-likeness (QED) is 0.813. The number of aliphatic hydroxyl groups is 1. The molecule has 1 aromatic rings. The van der Waals surface area contributed by atoms with Crippen LogP contribution < -0.4 is 0 Å². The number of hydrogen-bond donors (Lipinski definition) is 1. The number of hydrogen-bond acceptors (Lipinski definition) is 3. The summed E-state index contributed by atoms with van der Waals surface area (Å²) in [6.45, 7) is 1.00. The monoisotopic (exact) mass is 274 g/mol. The number of benzene rings is 1. The van der Waals surface area contributed by atoms with Crippen molar-refractivity contribution in [1.29, 1.82) is 0 Å². The molecule has 0 aliphatic rings. The van der Waals surface area contributed by atoms with Crippen LogP contribution in [0.1, 0.15) is 17.5 Å². The van der Waals surface area contributed by atoms with E-state index in [4.69, 9.17) is 5.11 Å². The molecule has 4 heteroatoms. The molecule has 0 saturated carbocycles. The second-order valence-electron chi connectivity index (χ2n) is 4.92. The molecular formula is C16H22N2O2. The Bertz CT molecular complexity index is 501. The van der Waals surface area contributed by atoms with E-state index in [1.54, 1.807) is 11.9 Å². The molecule has 1 N–H and O–H groups in total. The zero-order chi connectivity index (χ0) is 15.0. The summed E-state index contributed by atoms with van der Waals surface area (Å²) < 4.78 is 0. The van der Waals surface area contributed by atoms with Crippen molar-refractivity contribution in [2.45, 2.75) is 13.0 Å². The number of nitrogens with zero attached hydrogens (tertiary/aromatic N) is 2. The van der Waals surface area contributed by atoms with Crippen molar-refractivity contribution in [3.05, 3.63) is 35.4 Å². The van der Waals surface area contributed by atoms with E-state index in [9.17, 15) is 4.79 Å². The number of carbonyl (C=O) groups excluding carboxylic acids is 1. The molecule has 0 bridgehead atoms. The summed E-state index contributed by atoms with van der Waals surface area (Å²) in [5.41, 5.74) is 1.93. The number of aliphatic hydroxyl groups excluding tert-OH is 1. The van der Waals surface area contributed by atoms with Crippen molar-refractivity contribution in [2.24, 2.45) is 0 Å². The van der Waals surface area contributed by atoms with Gasteiger partial charge in [-0.15, -0.1) is 0 Å². The minimum Gasteiger partial charge on any atom is -0.395 e.